The third-order valence-electron chi connectivity index (χ3n) is 5.08. The lowest BCUT2D eigenvalue weighted by molar-refractivity contribution is 0.0740. The summed E-state index contributed by atoms with van der Waals surface area (Å²) in [5.74, 6) is 0.950. The van der Waals surface area contributed by atoms with Gasteiger partial charge in [-0.3, -0.25) is 4.79 Å². The molecule has 2 saturated heterocycles. The molecule has 2 aliphatic heterocycles. The van der Waals surface area contributed by atoms with E-state index in [0.29, 0.717) is 18.8 Å². The molecule has 1 N–H and O–H groups in total. The summed E-state index contributed by atoms with van der Waals surface area (Å²) in [6.07, 6.45) is 6.03. The van der Waals surface area contributed by atoms with Crippen molar-refractivity contribution in [1.82, 2.24) is 14.9 Å². The minimum atomic E-state index is -0.0126. The molecule has 2 aliphatic rings. The fraction of sp³-hybridized carbons (Fsp3) is 0.450. The molecule has 1 unspecified atom stereocenters. The fourth-order valence-electron chi connectivity index (χ4n) is 3.50. The highest BCUT2D eigenvalue weighted by Gasteiger charge is 2.23. The van der Waals surface area contributed by atoms with Crippen LogP contribution >= 0.6 is 0 Å². The molecule has 2 aromatic rings. The van der Waals surface area contributed by atoms with E-state index in [1.54, 1.807) is 18.5 Å². The molecule has 0 aliphatic carbocycles. The standard InChI is InChI=1S/C20H25N5O2/c26-20(25-11-9-24(10-12-25)19-5-1-2-8-21-19)18-7-6-16(14-23-18)22-15-17-4-3-13-27-17/h1-2,5-8,14,17,22H,3-4,9-13,15H2. The predicted molar refractivity (Wildman–Crippen MR) is 104 cm³/mol. The molecule has 1 amide bonds. The van der Waals surface area contributed by atoms with Gasteiger partial charge in [-0.15, -0.1) is 0 Å². The van der Waals surface area contributed by atoms with E-state index in [0.717, 1.165) is 50.6 Å². The first-order valence-corrected chi connectivity index (χ1v) is 9.56. The van der Waals surface area contributed by atoms with E-state index in [9.17, 15) is 4.79 Å². The number of ether oxygens (including phenoxy) is 1. The highest BCUT2D eigenvalue weighted by atomic mass is 16.5. The van der Waals surface area contributed by atoms with Crippen molar-refractivity contribution in [3.8, 4) is 0 Å². The number of hydrogen-bond donors (Lipinski definition) is 1. The van der Waals surface area contributed by atoms with Gasteiger partial charge in [0.15, 0.2) is 0 Å². The molecule has 0 aromatic carbocycles. The first-order valence-electron chi connectivity index (χ1n) is 9.56. The van der Waals surface area contributed by atoms with E-state index < -0.39 is 0 Å². The van der Waals surface area contributed by atoms with Gasteiger partial charge >= 0.3 is 0 Å². The lowest BCUT2D eigenvalue weighted by Gasteiger charge is -2.35. The Bertz CT molecular complexity index is 739. The first kappa shape index (κ1) is 17.7. The number of amides is 1. The molecule has 0 bridgehead atoms. The Morgan fingerprint density at radius 1 is 1.15 bits per heavy atom. The quantitative estimate of drug-likeness (QED) is 0.872. The van der Waals surface area contributed by atoms with Gasteiger partial charge < -0.3 is 19.9 Å². The molecule has 0 radical (unpaired) electrons. The number of rotatable bonds is 5. The van der Waals surface area contributed by atoms with Crippen molar-refractivity contribution in [2.45, 2.75) is 18.9 Å². The number of nitrogens with one attached hydrogen (secondary N) is 1. The Morgan fingerprint density at radius 3 is 2.70 bits per heavy atom. The molecule has 0 spiro atoms. The van der Waals surface area contributed by atoms with Gasteiger partial charge in [-0.1, -0.05) is 6.07 Å². The zero-order valence-corrected chi connectivity index (χ0v) is 15.4. The van der Waals surface area contributed by atoms with Crippen LogP contribution in [-0.2, 0) is 4.74 Å². The summed E-state index contributed by atoms with van der Waals surface area (Å²) in [6.45, 7) is 4.55. The maximum absolute atomic E-state index is 12.7. The summed E-state index contributed by atoms with van der Waals surface area (Å²) in [7, 11) is 0. The summed E-state index contributed by atoms with van der Waals surface area (Å²) in [5.41, 5.74) is 1.41. The van der Waals surface area contributed by atoms with Crippen LogP contribution in [0.25, 0.3) is 0 Å². The summed E-state index contributed by atoms with van der Waals surface area (Å²) in [6, 6.07) is 9.61. The lowest BCUT2D eigenvalue weighted by atomic mass is 10.2. The van der Waals surface area contributed by atoms with Gasteiger partial charge in [-0.05, 0) is 37.1 Å². The molecule has 7 heteroatoms. The van der Waals surface area contributed by atoms with Crippen molar-refractivity contribution >= 4 is 17.4 Å². The maximum Gasteiger partial charge on any atom is 0.272 e. The molecular weight excluding hydrogens is 342 g/mol. The van der Waals surface area contributed by atoms with E-state index in [-0.39, 0.29) is 12.0 Å². The van der Waals surface area contributed by atoms with Crippen LogP contribution in [0, 0.1) is 0 Å². The van der Waals surface area contributed by atoms with Gasteiger partial charge in [0.1, 0.15) is 11.5 Å². The van der Waals surface area contributed by atoms with Crippen molar-refractivity contribution < 1.29 is 9.53 Å². The van der Waals surface area contributed by atoms with Gasteiger partial charge in [-0.25, -0.2) is 9.97 Å². The number of pyridine rings is 2. The average molecular weight is 367 g/mol. The van der Waals surface area contributed by atoms with E-state index in [1.807, 2.05) is 29.2 Å². The van der Waals surface area contributed by atoms with Crippen LogP contribution < -0.4 is 10.2 Å². The SMILES string of the molecule is O=C(c1ccc(NCC2CCCO2)cn1)N1CCN(c2ccccn2)CC1. The Hall–Kier alpha value is -2.67. The summed E-state index contributed by atoms with van der Waals surface area (Å²) in [4.78, 5) is 25.5. The normalized spacial score (nSPS) is 19.9. The average Bonchev–Trinajstić information content (AvgIpc) is 3.27. The Morgan fingerprint density at radius 2 is 2.04 bits per heavy atom. The van der Waals surface area contributed by atoms with Crippen molar-refractivity contribution in [3.63, 3.8) is 0 Å². The smallest absolute Gasteiger partial charge is 0.272 e. The van der Waals surface area contributed by atoms with E-state index in [2.05, 4.69) is 20.2 Å². The minimum Gasteiger partial charge on any atom is -0.381 e. The zero-order valence-electron chi connectivity index (χ0n) is 15.4. The third kappa shape index (κ3) is 4.36. The molecule has 4 heterocycles. The first-order chi connectivity index (χ1) is 13.3. The lowest BCUT2D eigenvalue weighted by Crippen LogP contribution is -2.49. The third-order valence-corrected chi connectivity index (χ3v) is 5.08. The molecule has 2 aromatic heterocycles. The number of carbonyl (C=O) groups excluding carboxylic acids is 1. The van der Waals surface area contributed by atoms with E-state index in [1.165, 1.54) is 0 Å². The van der Waals surface area contributed by atoms with Gasteiger partial charge in [0.05, 0.1) is 18.0 Å². The second-order valence-electron chi connectivity index (χ2n) is 6.92. The Labute approximate surface area is 159 Å². The fourth-order valence-corrected chi connectivity index (χ4v) is 3.50. The molecule has 142 valence electrons. The molecule has 27 heavy (non-hydrogen) atoms. The van der Waals surface area contributed by atoms with Crippen LogP contribution in [0.3, 0.4) is 0 Å². The van der Waals surface area contributed by atoms with Gasteiger partial charge in [0.2, 0.25) is 0 Å². The number of anilines is 2. The second kappa shape index (κ2) is 8.35. The van der Waals surface area contributed by atoms with Crippen LogP contribution in [0.5, 0.6) is 0 Å². The number of piperazine rings is 1. The van der Waals surface area contributed by atoms with Crippen molar-refractivity contribution in [2.24, 2.45) is 0 Å². The van der Waals surface area contributed by atoms with Gasteiger partial charge in [0.25, 0.3) is 5.91 Å². The number of carbonyl (C=O) groups is 1. The van der Waals surface area contributed by atoms with Crippen LogP contribution in [0.4, 0.5) is 11.5 Å². The largest absolute Gasteiger partial charge is 0.381 e. The number of aromatic nitrogens is 2. The maximum atomic E-state index is 12.7. The molecule has 1 atom stereocenters. The number of hydrogen-bond acceptors (Lipinski definition) is 6. The van der Waals surface area contributed by atoms with Crippen molar-refractivity contribution in [2.75, 3.05) is 49.5 Å². The van der Waals surface area contributed by atoms with Crippen LogP contribution in [0.15, 0.2) is 42.7 Å². The monoisotopic (exact) mass is 367 g/mol. The van der Waals surface area contributed by atoms with Crippen molar-refractivity contribution in [1.29, 1.82) is 0 Å². The summed E-state index contributed by atoms with van der Waals surface area (Å²) < 4.78 is 5.60. The molecule has 7 nitrogen and oxygen atoms in total. The topological polar surface area (TPSA) is 70.6 Å². The molecule has 2 fully saturated rings. The highest BCUT2D eigenvalue weighted by molar-refractivity contribution is 5.92. The molecule has 4 rings (SSSR count). The van der Waals surface area contributed by atoms with Crippen LogP contribution in [-0.4, -0.2) is 66.2 Å². The van der Waals surface area contributed by atoms with E-state index >= 15 is 0 Å². The number of nitrogens with zero attached hydrogens (tertiary/aromatic N) is 4. The van der Waals surface area contributed by atoms with Gasteiger partial charge in [0, 0.05) is 45.5 Å². The Kier molecular flexibility index (Phi) is 5.48. The Balaban J connectivity index is 1.29. The van der Waals surface area contributed by atoms with Crippen molar-refractivity contribution in [3.05, 3.63) is 48.4 Å². The van der Waals surface area contributed by atoms with Crippen LogP contribution in [0.2, 0.25) is 0 Å². The molecular formula is C20H25N5O2. The highest BCUT2D eigenvalue weighted by Crippen LogP contribution is 2.16. The summed E-state index contributed by atoms with van der Waals surface area (Å²) >= 11 is 0. The van der Waals surface area contributed by atoms with Gasteiger partial charge in [-0.2, -0.15) is 0 Å². The van der Waals surface area contributed by atoms with E-state index in [4.69, 9.17) is 4.74 Å². The summed E-state index contributed by atoms with van der Waals surface area (Å²) in [5, 5.41) is 3.33. The second-order valence-corrected chi connectivity index (χ2v) is 6.92. The van der Waals surface area contributed by atoms with Crippen LogP contribution in [0.1, 0.15) is 23.3 Å². The minimum absolute atomic E-state index is 0.0126. The molecule has 0 saturated carbocycles. The predicted octanol–water partition coefficient (Wildman–Crippen LogP) is 2.03. The zero-order chi connectivity index (χ0) is 18.5.